The van der Waals surface area contributed by atoms with E-state index in [1.165, 1.54) is 5.56 Å². The molecule has 0 atom stereocenters. The molecule has 1 amide bonds. The van der Waals surface area contributed by atoms with E-state index < -0.39 is 12.6 Å². The van der Waals surface area contributed by atoms with Crippen LogP contribution in [0, 0.1) is 13.8 Å². The molecule has 1 aromatic heterocycles. The van der Waals surface area contributed by atoms with Crippen molar-refractivity contribution in [3.05, 3.63) is 99.2 Å². The molecular formula is C30H31ClN2O4. The fraction of sp³-hybridized carbons (Fsp3) is 0.267. The zero-order chi connectivity index (χ0) is 26.7. The summed E-state index contributed by atoms with van der Waals surface area (Å²) in [6.45, 7) is 8.98. The maximum atomic E-state index is 13.0. The number of halogens is 1. The Morgan fingerprint density at radius 2 is 1.81 bits per heavy atom. The van der Waals surface area contributed by atoms with Crippen molar-refractivity contribution in [3.8, 4) is 5.75 Å². The molecule has 0 saturated heterocycles. The molecule has 4 aromatic rings. The van der Waals surface area contributed by atoms with Crippen molar-refractivity contribution in [3.63, 3.8) is 0 Å². The molecule has 0 spiro atoms. The first-order valence-electron chi connectivity index (χ1n) is 12.2. The van der Waals surface area contributed by atoms with Gasteiger partial charge in [-0.15, -0.1) is 0 Å². The lowest BCUT2D eigenvalue weighted by molar-refractivity contribution is -0.139. The van der Waals surface area contributed by atoms with Crippen LogP contribution >= 0.6 is 11.6 Å². The van der Waals surface area contributed by atoms with Gasteiger partial charge in [0.2, 0.25) is 0 Å². The van der Waals surface area contributed by atoms with Crippen molar-refractivity contribution in [2.45, 2.75) is 46.7 Å². The first kappa shape index (κ1) is 26.3. The quantitative estimate of drug-likeness (QED) is 0.266. The number of fused-ring (bicyclic) bond motifs is 1. The van der Waals surface area contributed by atoms with E-state index in [9.17, 15) is 9.59 Å². The summed E-state index contributed by atoms with van der Waals surface area (Å²) in [6.07, 6.45) is 0. The van der Waals surface area contributed by atoms with Crippen molar-refractivity contribution in [2.75, 3.05) is 6.61 Å². The number of carboxylic acids is 1. The van der Waals surface area contributed by atoms with Crippen molar-refractivity contribution in [1.29, 1.82) is 0 Å². The SMILES string of the molecule is Cc1c(C)n(Cc2ccc(Cl)c(OCC(=O)O)c2)c2ccc(C(=O)NCc3cccc(C(C)C)c3)cc12. The summed E-state index contributed by atoms with van der Waals surface area (Å²) >= 11 is 6.18. The van der Waals surface area contributed by atoms with Gasteiger partial charge in [0.15, 0.2) is 6.61 Å². The minimum Gasteiger partial charge on any atom is -0.480 e. The summed E-state index contributed by atoms with van der Waals surface area (Å²) < 4.78 is 7.50. The van der Waals surface area contributed by atoms with Crippen molar-refractivity contribution in [1.82, 2.24) is 9.88 Å². The second-order valence-electron chi connectivity index (χ2n) is 9.56. The molecule has 0 aliphatic rings. The van der Waals surface area contributed by atoms with E-state index in [0.29, 0.717) is 35.3 Å². The number of hydrogen-bond donors (Lipinski definition) is 2. The number of nitrogens with zero attached hydrogens (tertiary/aromatic N) is 1. The monoisotopic (exact) mass is 518 g/mol. The highest BCUT2D eigenvalue weighted by atomic mass is 35.5. The molecule has 1 heterocycles. The number of carbonyl (C=O) groups excluding carboxylic acids is 1. The molecule has 0 unspecified atom stereocenters. The first-order valence-corrected chi connectivity index (χ1v) is 12.6. The lowest BCUT2D eigenvalue weighted by atomic mass is 10.0. The number of carbonyl (C=O) groups is 2. The van der Waals surface area contributed by atoms with E-state index in [0.717, 1.165) is 33.3 Å². The van der Waals surface area contributed by atoms with Gasteiger partial charge in [-0.25, -0.2) is 4.79 Å². The van der Waals surface area contributed by atoms with Crippen LogP contribution < -0.4 is 10.1 Å². The number of amides is 1. The van der Waals surface area contributed by atoms with E-state index in [1.807, 2.05) is 36.4 Å². The third-order valence-corrected chi connectivity index (χ3v) is 6.97. The minimum absolute atomic E-state index is 0.112. The summed E-state index contributed by atoms with van der Waals surface area (Å²) in [5, 5.41) is 13.3. The van der Waals surface area contributed by atoms with Crippen molar-refractivity contribution >= 4 is 34.4 Å². The number of aliphatic carboxylic acids is 1. The van der Waals surface area contributed by atoms with Gasteiger partial charge in [0, 0.05) is 35.2 Å². The standard InChI is InChI=1S/C30H31ClN2O4/c1-18(2)23-7-5-6-21(12-23)15-32-30(36)24-9-11-27-25(14-24)19(3)20(4)33(27)16-22-8-10-26(31)28(13-22)37-17-29(34)35/h5-14,18H,15-17H2,1-4H3,(H,32,36)(H,34,35). The Bertz CT molecular complexity index is 1470. The van der Waals surface area contributed by atoms with Gasteiger partial charge in [-0.2, -0.15) is 0 Å². The molecule has 6 nitrogen and oxygen atoms in total. The van der Waals surface area contributed by atoms with E-state index in [4.69, 9.17) is 21.4 Å². The molecule has 4 rings (SSSR count). The van der Waals surface area contributed by atoms with Crippen LogP contribution in [0.2, 0.25) is 5.02 Å². The molecule has 37 heavy (non-hydrogen) atoms. The molecule has 0 saturated carbocycles. The van der Waals surface area contributed by atoms with Gasteiger partial charge < -0.3 is 19.7 Å². The molecule has 7 heteroatoms. The van der Waals surface area contributed by atoms with Crippen LogP contribution in [0.1, 0.15) is 58.1 Å². The second-order valence-corrected chi connectivity index (χ2v) is 9.97. The fourth-order valence-corrected chi connectivity index (χ4v) is 4.59. The molecule has 0 aliphatic heterocycles. The Hall–Kier alpha value is -3.77. The van der Waals surface area contributed by atoms with Crippen LogP contribution in [0.25, 0.3) is 10.9 Å². The number of benzene rings is 3. The van der Waals surface area contributed by atoms with Crippen molar-refractivity contribution < 1.29 is 19.4 Å². The molecule has 192 valence electrons. The minimum atomic E-state index is -1.06. The Labute approximate surface area is 221 Å². The van der Waals surface area contributed by atoms with Crippen LogP contribution in [0.4, 0.5) is 0 Å². The average molecular weight is 519 g/mol. The molecule has 3 aromatic carbocycles. The predicted molar refractivity (Wildman–Crippen MR) is 147 cm³/mol. The van der Waals surface area contributed by atoms with Gasteiger partial charge in [-0.3, -0.25) is 4.79 Å². The number of hydrogen-bond acceptors (Lipinski definition) is 3. The van der Waals surface area contributed by atoms with Crippen LogP contribution in [0.5, 0.6) is 5.75 Å². The first-order chi connectivity index (χ1) is 17.6. The van der Waals surface area contributed by atoms with Crippen molar-refractivity contribution in [2.24, 2.45) is 0 Å². The number of aryl methyl sites for hydroxylation is 1. The number of carboxylic acid groups (broad SMARTS) is 1. The zero-order valence-electron chi connectivity index (χ0n) is 21.5. The smallest absolute Gasteiger partial charge is 0.341 e. The lowest BCUT2D eigenvalue weighted by Crippen LogP contribution is -2.22. The van der Waals surface area contributed by atoms with E-state index in [-0.39, 0.29) is 5.91 Å². The summed E-state index contributed by atoms with van der Waals surface area (Å²) in [4.78, 5) is 23.8. The van der Waals surface area contributed by atoms with Gasteiger partial charge in [0.1, 0.15) is 5.75 Å². The van der Waals surface area contributed by atoms with Crippen LogP contribution in [-0.2, 0) is 17.9 Å². The Morgan fingerprint density at radius 3 is 2.54 bits per heavy atom. The number of rotatable bonds is 9. The maximum Gasteiger partial charge on any atom is 0.341 e. The molecule has 0 radical (unpaired) electrons. The maximum absolute atomic E-state index is 13.0. The number of ether oxygens (including phenoxy) is 1. The fourth-order valence-electron chi connectivity index (χ4n) is 4.42. The van der Waals surface area contributed by atoms with E-state index >= 15 is 0 Å². The van der Waals surface area contributed by atoms with Crippen LogP contribution in [0.3, 0.4) is 0 Å². The van der Waals surface area contributed by atoms with Gasteiger partial charge in [0.25, 0.3) is 5.91 Å². The zero-order valence-corrected chi connectivity index (χ0v) is 22.2. The largest absolute Gasteiger partial charge is 0.480 e. The summed E-state index contributed by atoms with van der Waals surface area (Å²) in [5.74, 6) is -0.400. The molecular weight excluding hydrogens is 488 g/mol. The molecule has 0 bridgehead atoms. The Morgan fingerprint density at radius 1 is 1.03 bits per heavy atom. The summed E-state index contributed by atoms with van der Waals surface area (Å²) in [5.41, 5.74) is 7.07. The number of aromatic nitrogens is 1. The second kappa shape index (κ2) is 11.1. The van der Waals surface area contributed by atoms with E-state index in [2.05, 4.69) is 49.7 Å². The van der Waals surface area contributed by atoms with Gasteiger partial charge >= 0.3 is 5.97 Å². The van der Waals surface area contributed by atoms with E-state index in [1.54, 1.807) is 12.1 Å². The third-order valence-electron chi connectivity index (χ3n) is 6.66. The summed E-state index contributed by atoms with van der Waals surface area (Å²) in [6, 6.07) is 19.4. The molecule has 0 aliphatic carbocycles. The highest BCUT2D eigenvalue weighted by molar-refractivity contribution is 6.32. The van der Waals surface area contributed by atoms with Crippen LogP contribution in [-0.4, -0.2) is 28.2 Å². The number of nitrogens with one attached hydrogen (secondary N) is 1. The third kappa shape index (κ3) is 5.97. The van der Waals surface area contributed by atoms with Gasteiger partial charge in [-0.1, -0.05) is 55.8 Å². The lowest BCUT2D eigenvalue weighted by Gasteiger charge is -2.12. The predicted octanol–water partition coefficient (Wildman–Crippen LogP) is 6.48. The van der Waals surface area contributed by atoms with Crippen LogP contribution in [0.15, 0.2) is 60.7 Å². The normalized spacial score (nSPS) is 11.2. The Kier molecular flexibility index (Phi) is 7.89. The topological polar surface area (TPSA) is 80.6 Å². The summed E-state index contributed by atoms with van der Waals surface area (Å²) in [7, 11) is 0. The van der Waals surface area contributed by atoms with Gasteiger partial charge in [-0.05, 0) is 72.4 Å². The molecule has 2 N–H and O–H groups in total. The molecule has 0 fully saturated rings. The highest BCUT2D eigenvalue weighted by Crippen LogP contribution is 2.30. The Balaban J connectivity index is 1.55. The average Bonchev–Trinajstić information content (AvgIpc) is 3.11. The highest BCUT2D eigenvalue weighted by Gasteiger charge is 2.15. The van der Waals surface area contributed by atoms with Gasteiger partial charge in [0.05, 0.1) is 5.02 Å².